The molecule has 2 aromatic rings. The lowest BCUT2D eigenvalue weighted by atomic mass is 9.99. The van der Waals surface area contributed by atoms with Crippen LogP contribution in [0.1, 0.15) is 56.8 Å². The molecule has 0 aliphatic heterocycles. The number of H-pyrrole nitrogens is 1. The van der Waals surface area contributed by atoms with Gasteiger partial charge in [-0.1, -0.05) is 13.8 Å². The van der Waals surface area contributed by atoms with Crippen LogP contribution >= 0.6 is 11.3 Å². The third-order valence-electron chi connectivity index (χ3n) is 3.72. The smallest absolute Gasteiger partial charge is 0.303 e. The molecule has 2 rings (SSSR count). The zero-order valence-corrected chi connectivity index (χ0v) is 13.1. The van der Waals surface area contributed by atoms with Crippen molar-refractivity contribution in [3.8, 4) is 0 Å². The van der Waals surface area contributed by atoms with Gasteiger partial charge in [-0.05, 0) is 36.1 Å². The van der Waals surface area contributed by atoms with E-state index in [1.165, 1.54) is 11.3 Å². The van der Waals surface area contributed by atoms with Crippen LogP contribution in [0.2, 0.25) is 0 Å². The van der Waals surface area contributed by atoms with E-state index in [1.807, 2.05) is 5.38 Å². The molecule has 0 bridgehead atoms. The number of aliphatic carboxylic acids is 1. The number of rotatable bonds is 7. The zero-order chi connectivity index (χ0) is 15.4. The molecule has 0 spiro atoms. The number of hydrogen-bond acceptors (Lipinski definition) is 4. The van der Waals surface area contributed by atoms with Crippen molar-refractivity contribution in [2.24, 2.45) is 0 Å². The number of aromatic amines is 1. The zero-order valence-electron chi connectivity index (χ0n) is 12.3. The Hall–Kier alpha value is -1.69. The molecule has 2 aromatic heterocycles. The Morgan fingerprint density at radius 3 is 2.90 bits per heavy atom. The lowest BCUT2D eigenvalue weighted by Gasteiger charge is -2.06. The fourth-order valence-corrected chi connectivity index (χ4v) is 3.36. The minimum Gasteiger partial charge on any atom is -0.481 e. The number of carbonyl (C=O) groups is 1. The minimum atomic E-state index is -0.789. The summed E-state index contributed by atoms with van der Waals surface area (Å²) in [6, 6.07) is 0. The highest BCUT2D eigenvalue weighted by molar-refractivity contribution is 7.16. The molecule has 2 N–H and O–H groups in total. The van der Waals surface area contributed by atoms with Gasteiger partial charge < -0.3 is 10.1 Å². The first-order valence-corrected chi connectivity index (χ1v) is 8.13. The van der Waals surface area contributed by atoms with E-state index in [-0.39, 0.29) is 12.0 Å². The highest BCUT2D eigenvalue weighted by Crippen LogP contribution is 2.29. The number of carboxylic acids is 1. The molecule has 0 saturated heterocycles. The van der Waals surface area contributed by atoms with Crippen molar-refractivity contribution in [2.45, 2.75) is 51.9 Å². The van der Waals surface area contributed by atoms with Crippen molar-refractivity contribution in [2.75, 3.05) is 0 Å². The molecule has 5 nitrogen and oxygen atoms in total. The molecule has 0 aliphatic carbocycles. The lowest BCUT2D eigenvalue weighted by molar-refractivity contribution is -0.137. The minimum absolute atomic E-state index is 0.0789. The Bertz CT molecular complexity index is 690. The summed E-state index contributed by atoms with van der Waals surface area (Å²) in [4.78, 5) is 30.8. The molecule has 6 heteroatoms. The van der Waals surface area contributed by atoms with Gasteiger partial charge in [0.2, 0.25) is 0 Å². The summed E-state index contributed by atoms with van der Waals surface area (Å²) in [7, 11) is 0. The predicted octanol–water partition coefficient (Wildman–Crippen LogP) is 3.30. The summed E-state index contributed by atoms with van der Waals surface area (Å²) in [5.41, 5.74) is 0.994. The molecule has 0 saturated carbocycles. The van der Waals surface area contributed by atoms with Crippen LogP contribution in [-0.4, -0.2) is 21.0 Å². The second-order valence-corrected chi connectivity index (χ2v) is 6.15. The maximum absolute atomic E-state index is 12.3. The van der Waals surface area contributed by atoms with Crippen molar-refractivity contribution in [1.29, 1.82) is 0 Å². The standard InChI is InChI=1S/C15H20N2O3S/c1-3-9(2)10-8-21-15-13(10)14(20)16-11(17-15)6-4-5-7-12(18)19/h8-9H,3-7H2,1-2H3,(H,18,19)(H,16,17,20). The highest BCUT2D eigenvalue weighted by atomic mass is 32.1. The van der Waals surface area contributed by atoms with E-state index in [9.17, 15) is 9.59 Å². The maximum atomic E-state index is 12.3. The molecule has 1 unspecified atom stereocenters. The third kappa shape index (κ3) is 3.69. The van der Waals surface area contributed by atoms with Gasteiger partial charge >= 0.3 is 5.97 Å². The molecule has 114 valence electrons. The molecule has 1 atom stereocenters. The second-order valence-electron chi connectivity index (χ2n) is 5.29. The number of carboxylic acid groups (broad SMARTS) is 1. The number of thiophene rings is 1. The maximum Gasteiger partial charge on any atom is 0.303 e. The monoisotopic (exact) mass is 308 g/mol. The van der Waals surface area contributed by atoms with Crippen molar-refractivity contribution >= 4 is 27.5 Å². The SMILES string of the molecule is CCC(C)c1csc2nc(CCCCC(=O)O)[nH]c(=O)c12. The van der Waals surface area contributed by atoms with Gasteiger partial charge in [0.05, 0.1) is 5.39 Å². The summed E-state index contributed by atoms with van der Waals surface area (Å²) in [5.74, 6) is 0.210. The molecule has 0 fully saturated rings. The number of nitrogens with zero attached hydrogens (tertiary/aromatic N) is 1. The summed E-state index contributed by atoms with van der Waals surface area (Å²) >= 11 is 1.50. The molecule has 0 aliphatic rings. The molecular weight excluding hydrogens is 288 g/mol. The van der Waals surface area contributed by atoms with Crippen molar-refractivity contribution < 1.29 is 9.90 Å². The number of nitrogens with one attached hydrogen (secondary N) is 1. The largest absolute Gasteiger partial charge is 0.481 e. The fraction of sp³-hybridized carbons (Fsp3) is 0.533. The summed E-state index contributed by atoms with van der Waals surface area (Å²) < 4.78 is 0. The Morgan fingerprint density at radius 2 is 2.24 bits per heavy atom. The molecule has 0 amide bonds. The van der Waals surface area contributed by atoms with Crippen LogP contribution in [0.4, 0.5) is 0 Å². The molecule has 21 heavy (non-hydrogen) atoms. The van der Waals surface area contributed by atoms with Gasteiger partial charge in [0, 0.05) is 12.8 Å². The molecule has 2 heterocycles. The van der Waals surface area contributed by atoms with Crippen LogP contribution in [0, 0.1) is 0 Å². The Kier molecular flexibility index (Phi) is 5.12. The van der Waals surface area contributed by atoms with Gasteiger partial charge in [-0.15, -0.1) is 11.3 Å². The average molecular weight is 308 g/mol. The first kappa shape index (κ1) is 15.7. The van der Waals surface area contributed by atoms with Gasteiger partial charge in [-0.25, -0.2) is 4.98 Å². The predicted molar refractivity (Wildman–Crippen MR) is 84.1 cm³/mol. The van der Waals surface area contributed by atoms with E-state index in [4.69, 9.17) is 5.11 Å². The fourth-order valence-electron chi connectivity index (χ4n) is 2.28. The summed E-state index contributed by atoms with van der Waals surface area (Å²) in [6.07, 6.45) is 3.06. The van der Waals surface area contributed by atoms with Gasteiger partial charge in [0.15, 0.2) is 0 Å². The van der Waals surface area contributed by atoms with Gasteiger partial charge in [-0.2, -0.15) is 0 Å². The van der Waals surface area contributed by atoms with Gasteiger partial charge in [0.1, 0.15) is 10.7 Å². The number of aromatic nitrogens is 2. The van der Waals surface area contributed by atoms with Crippen LogP contribution in [0.15, 0.2) is 10.2 Å². The molecular formula is C15H20N2O3S. The van der Waals surface area contributed by atoms with E-state index in [0.29, 0.717) is 36.4 Å². The van der Waals surface area contributed by atoms with E-state index >= 15 is 0 Å². The molecule has 0 radical (unpaired) electrons. The van der Waals surface area contributed by atoms with Crippen molar-refractivity contribution in [1.82, 2.24) is 9.97 Å². The van der Waals surface area contributed by atoms with Crippen LogP contribution in [0.5, 0.6) is 0 Å². The summed E-state index contributed by atoms with van der Waals surface area (Å²) in [6.45, 7) is 4.22. The second kappa shape index (κ2) is 6.85. The number of aryl methyl sites for hydroxylation is 1. The van der Waals surface area contributed by atoms with Crippen LogP contribution in [0.25, 0.3) is 10.2 Å². The Balaban J connectivity index is 2.18. The van der Waals surface area contributed by atoms with Gasteiger partial charge in [-0.3, -0.25) is 9.59 Å². The van der Waals surface area contributed by atoms with Crippen molar-refractivity contribution in [3.05, 3.63) is 27.1 Å². The van der Waals surface area contributed by atoms with E-state index in [0.717, 1.165) is 16.8 Å². The first-order chi connectivity index (χ1) is 10.0. The van der Waals surface area contributed by atoms with E-state index in [2.05, 4.69) is 23.8 Å². The topological polar surface area (TPSA) is 83.0 Å². The third-order valence-corrected chi connectivity index (χ3v) is 4.61. The Morgan fingerprint density at radius 1 is 1.48 bits per heavy atom. The Labute approximate surface area is 127 Å². The van der Waals surface area contributed by atoms with Crippen LogP contribution < -0.4 is 5.56 Å². The van der Waals surface area contributed by atoms with E-state index < -0.39 is 5.97 Å². The van der Waals surface area contributed by atoms with Crippen molar-refractivity contribution in [3.63, 3.8) is 0 Å². The van der Waals surface area contributed by atoms with Crippen LogP contribution in [0.3, 0.4) is 0 Å². The highest BCUT2D eigenvalue weighted by Gasteiger charge is 2.15. The molecule has 0 aromatic carbocycles. The normalized spacial score (nSPS) is 12.7. The average Bonchev–Trinajstić information content (AvgIpc) is 2.87. The quantitative estimate of drug-likeness (QED) is 0.769. The number of hydrogen-bond donors (Lipinski definition) is 2. The van der Waals surface area contributed by atoms with Gasteiger partial charge in [0.25, 0.3) is 5.56 Å². The number of unbranched alkanes of at least 4 members (excludes halogenated alkanes) is 1. The summed E-state index contributed by atoms with van der Waals surface area (Å²) in [5, 5.41) is 11.3. The van der Waals surface area contributed by atoms with E-state index in [1.54, 1.807) is 0 Å². The van der Waals surface area contributed by atoms with Crippen LogP contribution in [-0.2, 0) is 11.2 Å². The first-order valence-electron chi connectivity index (χ1n) is 7.25. The number of fused-ring (bicyclic) bond motifs is 1. The lowest BCUT2D eigenvalue weighted by Crippen LogP contribution is -2.12.